The summed E-state index contributed by atoms with van der Waals surface area (Å²) < 4.78 is 4.49. The van der Waals surface area contributed by atoms with Crippen LogP contribution in [0.5, 0.6) is 0 Å². The average Bonchev–Trinajstić information content (AvgIpc) is 2.35. The predicted molar refractivity (Wildman–Crippen MR) is 56.7 cm³/mol. The summed E-state index contributed by atoms with van der Waals surface area (Å²) in [6, 6.07) is 9.00. The lowest BCUT2D eigenvalue weighted by Crippen LogP contribution is -2.28. The molecule has 0 aromatic heterocycles. The van der Waals surface area contributed by atoms with Crippen LogP contribution in [0.25, 0.3) is 0 Å². The Labute approximate surface area is 93.2 Å². The molecule has 0 saturated carbocycles. The van der Waals surface area contributed by atoms with E-state index in [0.29, 0.717) is 0 Å². The lowest BCUT2D eigenvalue weighted by molar-refractivity contribution is -0.150. The summed E-state index contributed by atoms with van der Waals surface area (Å²) in [4.78, 5) is 33.0. The van der Waals surface area contributed by atoms with Crippen LogP contribution in [0.15, 0.2) is 30.3 Å². The summed E-state index contributed by atoms with van der Waals surface area (Å²) in [5.74, 6) is -2.47. The molecule has 1 aromatic carbocycles. The van der Waals surface area contributed by atoms with Crippen LogP contribution in [0.1, 0.15) is 5.56 Å². The second-order valence-corrected chi connectivity index (χ2v) is 3.29. The zero-order chi connectivity index (χ0) is 12.0. The third-order valence-electron chi connectivity index (χ3n) is 2.23. The Kier molecular flexibility index (Phi) is 4.39. The van der Waals surface area contributed by atoms with Crippen molar-refractivity contribution in [1.82, 2.24) is 0 Å². The first-order chi connectivity index (χ1) is 7.69. The van der Waals surface area contributed by atoms with Gasteiger partial charge in [0.05, 0.1) is 7.11 Å². The molecular weight excluding hydrogens is 208 g/mol. The van der Waals surface area contributed by atoms with Gasteiger partial charge < -0.3 is 4.74 Å². The van der Waals surface area contributed by atoms with E-state index < -0.39 is 17.7 Å². The number of ether oxygens (including phenoxy) is 1. The van der Waals surface area contributed by atoms with Crippen molar-refractivity contribution < 1.29 is 19.1 Å². The number of benzene rings is 1. The molecule has 84 valence electrons. The number of hydrogen-bond acceptors (Lipinski definition) is 4. The van der Waals surface area contributed by atoms with E-state index in [0.717, 1.165) is 5.56 Å². The minimum Gasteiger partial charge on any atom is -0.468 e. The normalized spacial score (nSPS) is 11.6. The van der Waals surface area contributed by atoms with E-state index in [2.05, 4.69) is 4.74 Å². The molecular formula is C12H12O4. The van der Waals surface area contributed by atoms with E-state index in [1.807, 2.05) is 6.07 Å². The van der Waals surface area contributed by atoms with Crippen molar-refractivity contribution in [2.75, 3.05) is 7.11 Å². The molecule has 1 unspecified atom stereocenters. The molecule has 0 aliphatic rings. The number of esters is 1. The zero-order valence-electron chi connectivity index (χ0n) is 8.88. The number of methoxy groups -OCH3 is 1. The number of carbonyl (C=O) groups is 3. The predicted octanol–water partition coefficient (Wildman–Crippen LogP) is 0.786. The first kappa shape index (κ1) is 12.1. The standard InChI is InChI=1S/C12H12O4/c1-16-12(15)10(11(14)8-13)7-9-5-3-2-4-6-9/h2-6,8,10H,7H2,1H3. The highest BCUT2D eigenvalue weighted by atomic mass is 16.5. The molecule has 1 aromatic rings. The zero-order valence-corrected chi connectivity index (χ0v) is 8.88. The van der Waals surface area contributed by atoms with Gasteiger partial charge in [0, 0.05) is 0 Å². The lowest BCUT2D eigenvalue weighted by Gasteiger charge is -2.10. The average molecular weight is 220 g/mol. The number of hydrogen-bond donors (Lipinski definition) is 0. The fraction of sp³-hybridized carbons (Fsp3) is 0.250. The fourth-order valence-corrected chi connectivity index (χ4v) is 1.37. The Morgan fingerprint density at radius 1 is 1.31 bits per heavy atom. The Hall–Kier alpha value is -1.97. The summed E-state index contributed by atoms with van der Waals surface area (Å²) in [5, 5.41) is 0. The minimum atomic E-state index is -1.04. The smallest absolute Gasteiger partial charge is 0.317 e. The van der Waals surface area contributed by atoms with Crippen molar-refractivity contribution in [2.24, 2.45) is 5.92 Å². The van der Waals surface area contributed by atoms with Gasteiger partial charge in [0.1, 0.15) is 5.92 Å². The SMILES string of the molecule is COC(=O)C(Cc1ccccc1)C(=O)C=O. The van der Waals surface area contributed by atoms with Crippen molar-refractivity contribution in [3.05, 3.63) is 35.9 Å². The van der Waals surface area contributed by atoms with Crippen LogP contribution in [-0.4, -0.2) is 25.1 Å². The van der Waals surface area contributed by atoms with Gasteiger partial charge in [0.2, 0.25) is 5.78 Å². The van der Waals surface area contributed by atoms with Gasteiger partial charge in [0.25, 0.3) is 0 Å². The molecule has 4 nitrogen and oxygen atoms in total. The lowest BCUT2D eigenvalue weighted by atomic mass is 9.96. The monoisotopic (exact) mass is 220 g/mol. The molecule has 0 bridgehead atoms. The highest BCUT2D eigenvalue weighted by Crippen LogP contribution is 2.10. The number of ketones is 1. The fourth-order valence-electron chi connectivity index (χ4n) is 1.37. The topological polar surface area (TPSA) is 60.4 Å². The maximum absolute atomic E-state index is 11.3. The quantitative estimate of drug-likeness (QED) is 0.318. The van der Waals surface area contributed by atoms with E-state index in [-0.39, 0.29) is 12.7 Å². The van der Waals surface area contributed by atoms with Crippen LogP contribution in [0.2, 0.25) is 0 Å². The molecule has 1 atom stereocenters. The van der Waals surface area contributed by atoms with Crippen molar-refractivity contribution in [3.63, 3.8) is 0 Å². The summed E-state index contributed by atoms with van der Waals surface area (Å²) in [6.45, 7) is 0. The largest absolute Gasteiger partial charge is 0.468 e. The van der Waals surface area contributed by atoms with Crippen LogP contribution < -0.4 is 0 Å². The molecule has 0 radical (unpaired) electrons. The van der Waals surface area contributed by atoms with E-state index >= 15 is 0 Å². The second kappa shape index (κ2) is 5.80. The van der Waals surface area contributed by atoms with Gasteiger partial charge in [-0.1, -0.05) is 30.3 Å². The Balaban J connectivity index is 2.83. The second-order valence-electron chi connectivity index (χ2n) is 3.29. The van der Waals surface area contributed by atoms with Crippen LogP contribution in [0.4, 0.5) is 0 Å². The molecule has 1 rings (SSSR count). The number of aldehydes is 1. The molecule has 0 heterocycles. The Morgan fingerprint density at radius 2 is 1.94 bits per heavy atom. The van der Waals surface area contributed by atoms with E-state index in [1.165, 1.54) is 7.11 Å². The Bertz CT molecular complexity index is 383. The molecule has 16 heavy (non-hydrogen) atoms. The highest BCUT2D eigenvalue weighted by Gasteiger charge is 2.27. The van der Waals surface area contributed by atoms with Gasteiger partial charge in [-0.2, -0.15) is 0 Å². The van der Waals surface area contributed by atoms with Crippen molar-refractivity contribution in [2.45, 2.75) is 6.42 Å². The summed E-state index contributed by atoms with van der Waals surface area (Å²) in [5.41, 5.74) is 0.813. The van der Waals surface area contributed by atoms with E-state index in [4.69, 9.17) is 0 Å². The number of Topliss-reactive ketones (excluding diaryl/α,β-unsaturated/α-hetero) is 1. The maximum atomic E-state index is 11.3. The third kappa shape index (κ3) is 3.02. The number of carbonyl (C=O) groups excluding carboxylic acids is 3. The molecule has 0 fully saturated rings. The van der Waals surface area contributed by atoms with Gasteiger partial charge in [-0.25, -0.2) is 0 Å². The molecule has 4 heteroatoms. The van der Waals surface area contributed by atoms with Crippen molar-refractivity contribution in [1.29, 1.82) is 0 Å². The molecule has 0 spiro atoms. The van der Waals surface area contributed by atoms with Crippen LogP contribution >= 0.6 is 0 Å². The maximum Gasteiger partial charge on any atom is 0.317 e. The van der Waals surface area contributed by atoms with Crippen LogP contribution in [-0.2, 0) is 25.5 Å². The van der Waals surface area contributed by atoms with Gasteiger partial charge in [-0.3, -0.25) is 14.4 Å². The first-order valence-corrected chi connectivity index (χ1v) is 4.79. The Morgan fingerprint density at radius 3 is 2.44 bits per heavy atom. The molecule has 0 aliphatic carbocycles. The van der Waals surface area contributed by atoms with Gasteiger partial charge in [0.15, 0.2) is 6.29 Å². The minimum absolute atomic E-state index is 0.157. The molecule has 0 saturated heterocycles. The third-order valence-corrected chi connectivity index (χ3v) is 2.23. The van der Waals surface area contributed by atoms with Crippen molar-refractivity contribution in [3.8, 4) is 0 Å². The van der Waals surface area contributed by atoms with Crippen LogP contribution in [0, 0.1) is 5.92 Å². The van der Waals surface area contributed by atoms with Gasteiger partial charge >= 0.3 is 5.97 Å². The highest BCUT2D eigenvalue weighted by molar-refractivity contribution is 6.30. The summed E-state index contributed by atoms with van der Waals surface area (Å²) in [6.07, 6.45) is 0.343. The molecule has 0 aliphatic heterocycles. The van der Waals surface area contributed by atoms with E-state index in [1.54, 1.807) is 24.3 Å². The first-order valence-electron chi connectivity index (χ1n) is 4.79. The summed E-state index contributed by atoms with van der Waals surface area (Å²) in [7, 11) is 1.19. The van der Waals surface area contributed by atoms with Gasteiger partial charge in [-0.05, 0) is 12.0 Å². The van der Waals surface area contributed by atoms with E-state index in [9.17, 15) is 14.4 Å². The summed E-state index contributed by atoms with van der Waals surface area (Å²) >= 11 is 0. The van der Waals surface area contributed by atoms with Crippen molar-refractivity contribution >= 4 is 18.0 Å². The molecule has 0 N–H and O–H groups in total. The number of rotatable bonds is 5. The molecule has 0 amide bonds. The van der Waals surface area contributed by atoms with Gasteiger partial charge in [-0.15, -0.1) is 0 Å². The van der Waals surface area contributed by atoms with Crippen LogP contribution in [0.3, 0.4) is 0 Å².